The first-order valence-corrected chi connectivity index (χ1v) is 8.14. The van der Waals surface area contributed by atoms with Crippen LogP contribution < -0.4 is 5.32 Å². The maximum Gasteiger partial charge on any atom is 0.137 e. The smallest absolute Gasteiger partial charge is 0.137 e. The minimum atomic E-state index is -0.208. The van der Waals surface area contributed by atoms with Crippen LogP contribution in [0.2, 0.25) is 0 Å². The molecule has 2 aromatic rings. The molecule has 1 unspecified atom stereocenters. The monoisotopic (exact) mass is 349 g/mol. The van der Waals surface area contributed by atoms with E-state index in [0.29, 0.717) is 4.47 Å². The molecule has 0 spiro atoms. The van der Waals surface area contributed by atoms with E-state index < -0.39 is 0 Å². The van der Waals surface area contributed by atoms with Gasteiger partial charge in [-0.05, 0) is 65.0 Å². The lowest BCUT2D eigenvalue weighted by Crippen LogP contribution is -2.25. The summed E-state index contributed by atoms with van der Waals surface area (Å²) >= 11 is 3.39. The first kappa shape index (κ1) is 16.2. The minimum absolute atomic E-state index is 0.108. The average molecular weight is 350 g/mol. The van der Waals surface area contributed by atoms with Gasteiger partial charge in [-0.2, -0.15) is 0 Å². The third kappa shape index (κ3) is 4.14. The number of benzene rings is 2. The zero-order chi connectivity index (χ0) is 15.2. The van der Waals surface area contributed by atoms with E-state index in [9.17, 15) is 4.39 Å². The Morgan fingerprint density at radius 2 is 1.90 bits per heavy atom. The maximum absolute atomic E-state index is 13.8. The summed E-state index contributed by atoms with van der Waals surface area (Å²) < 4.78 is 14.4. The lowest BCUT2D eigenvalue weighted by Gasteiger charge is -2.21. The highest BCUT2D eigenvalue weighted by molar-refractivity contribution is 9.10. The highest BCUT2D eigenvalue weighted by atomic mass is 79.9. The molecule has 21 heavy (non-hydrogen) atoms. The molecule has 0 aliphatic carbocycles. The van der Waals surface area contributed by atoms with E-state index in [1.165, 1.54) is 17.2 Å². The molecule has 2 rings (SSSR count). The minimum Gasteiger partial charge on any atom is -0.310 e. The standard InChI is InChI=1S/C18H21BrFN/c1-3-11-21-17(12-14-8-5-4-7-13(14)2)15-9-6-10-16(20)18(15)19/h4-10,17,21H,3,11-12H2,1-2H3. The molecule has 0 bridgehead atoms. The number of hydrogen-bond donors (Lipinski definition) is 1. The van der Waals surface area contributed by atoms with Gasteiger partial charge in [-0.15, -0.1) is 0 Å². The lowest BCUT2D eigenvalue weighted by molar-refractivity contribution is 0.520. The molecule has 1 N–H and O–H groups in total. The summed E-state index contributed by atoms with van der Waals surface area (Å²) in [5.41, 5.74) is 3.54. The topological polar surface area (TPSA) is 12.0 Å². The van der Waals surface area contributed by atoms with Crippen molar-refractivity contribution < 1.29 is 4.39 Å². The molecule has 0 radical (unpaired) electrons. The summed E-state index contributed by atoms with van der Waals surface area (Å²) in [6.07, 6.45) is 1.91. The fourth-order valence-electron chi connectivity index (χ4n) is 2.46. The van der Waals surface area contributed by atoms with Crippen molar-refractivity contribution in [1.82, 2.24) is 5.32 Å². The molecule has 3 heteroatoms. The van der Waals surface area contributed by atoms with E-state index in [-0.39, 0.29) is 11.9 Å². The summed E-state index contributed by atoms with van der Waals surface area (Å²) in [7, 11) is 0. The maximum atomic E-state index is 13.8. The van der Waals surface area contributed by atoms with Crippen molar-refractivity contribution in [3.63, 3.8) is 0 Å². The summed E-state index contributed by atoms with van der Waals surface area (Å²) in [5.74, 6) is -0.208. The molecule has 112 valence electrons. The molecule has 0 heterocycles. The summed E-state index contributed by atoms with van der Waals surface area (Å²) in [6, 6.07) is 13.7. The predicted molar refractivity (Wildman–Crippen MR) is 90.0 cm³/mol. The second-order valence-electron chi connectivity index (χ2n) is 5.28. The molecule has 1 atom stereocenters. The highest BCUT2D eigenvalue weighted by Gasteiger charge is 2.17. The lowest BCUT2D eigenvalue weighted by atomic mass is 9.96. The number of hydrogen-bond acceptors (Lipinski definition) is 1. The molecule has 0 amide bonds. The van der Waals surface area contributed by atoms with Crippen LogP contribution in [-0.4, -0.2) is 6.54 Å². The van der Waals surface area contributed by atoms with Gasteiger partial charge in [-0.25, -0.2) is 4.39 Å². The number of nitrogens with one attached hydrogen (secondary N) is 1. The molecule has 0 aliphatic heterocycles. The van der Waals surface area contributed by atoms with Gasteiger partial charge in [0, 0.05) is 6.04 Å². The normalized spacial score (nSPS) is 12.4. The van der Waals surface area contributed by atoms with Gasteiger partial charge in [0.1, 0.15) is 5.82 Å². The Morgan fingerprint density at radius 1 is 1.14 bits per heavy atom. The van der Waals surface area contributed by atoms with Gasteiger partial charge in [-0.1, -0.05) is 43.3 Å². The molecule has 0 aliphatic rings. The van der Waals surface area contributed by atoms with Crippen molar-refractivity contribution in [2.75, 3.05) is 6.54 Å². The van der Waals surface area contributed by atoms with Crippen molar-refractivity contribution in [3.8, 4) is 0 Å². The van der Waals surface area contributed by atoms with Gasteiger partial charge in [0.25, 0.3) is 0 Å². The van der Waals surface area contributed by atoms with E-state index in [2.05, 4.69) is 53.3 Å². The second-order valence-corrected chi connectivity index (χ2v) is 6.07. The molecular formula is C18H21BrFN. The van der Waals surface area contributed by atoms with Crippen molar-refractivity contribution in [2.24, 2.45) is 0 Å². The molecule has 0 saturated heterocycles. The fourth-order valence-corrected chi connectivity index (χ4v) is 3.00. The molecule has 0 fully saturated rings. The molecule has 0 saturated carbocycles. The van der Waals surface area contributed by atoms with E-state index in [1.54, 1.807) is 6.07 Å². The van der Waals surface area contributed by atoms with Crippen LogP contribution >= 0.6 is 15.9 Å². The van der Waals surface area contributed by atoms with Gasteiger partial charge in [-0.3, -0.25) is 0 Å². The van der Waals surface area contributed by atoms with E-state index >= 15 is 0 Å². The SMILES string of the molecule is CCCNC(Cc1ccccc1C)c1cccc(F)c1Br. The van der Waals surface area contributed by atoms with E-state index in [1.807, 2.05) is 12.1 Å². The third-order valence-electron chi connectivity index (χ3n) is 3.68. The van der Waals surface area contributed by atoms with Gasteiger partial charge in [0.2, 0.25) is 0 Å². The van der Waals surface area contributed by atoms with E-state index in [4.69, 9.17) is 0 Å². The Morgan fingerprint density at radius 3 is 2.62 bits per heavy atom. The van der Waals surface area contributed by atoms with Crippen molar-refractivity contribution in [1.29, 1.82) is 0 Å². The molecule has 0 aromatic heterocycles. The summed E-state index contributed by atoms with van der Waals surface area (Å²) in [6.45, 7) is 5.17. The van der Waals surface area contributed by atoms with Crippen LogP contribution in [0.5, 0.6) is 0 Å². The van der Waals surface area contributed by atoms with Gasteiger partial charge >= 0.3 is 0 Å². The first-order chi connectivity index (χ1) is 10.1. The Kier molecular flexibility index (Phi) is 5.95. The highest BCUT2D eigenvalue weighted by Crippen LogP contribution is 2.29. The van der Waals surface area contributed by atoms with Crippen molar-refractivity contribution in [3.05, 3.63) is 69.4 Å². The van der Waals surface area contributed by atoms with Gasteiger partial charge in [0.15, 0.2) is 0 Å². The largest absolute Gasteiger partial charge is 0.310 e. The third-order valence-corrected chi connectivity index (χ3v) is 4.52. The fraction of sp³-hybridized carbons (Fsp3) is 0.333. The predicted octanol–water partition coefficient (Wildman–Crippen LogP) is 5.18. The van der Waals surface area contributed by atoms with Crippen molar-refractivity contribution >= 4 is 15.9 Å². The van der Waals surface area contributed by atoms with Crippen LogP contribution in [0, 0.1) is 12.7 Å². The molecular weight excluding hydrogens is 329 g/mol. The number of aryl methyl sites for hydroxylation is 1. The number of rotatable bonds is 6. The summed E-state index contributed by atoms with van der Waals surface area (Å²) in [5, 5.41) is 3.53. The molecule has 2 aromatic carbocycles. The Labute approximate surface area is 134 Å². The molecule has 1 nitrogen and oxygen atoms in total. The van der Waals surface area contributed by atoms with Gasteiger partial charge in [0.05, 0.1) is 4.47 Å². The van der Waals surface area contributed by atoms with Gasteiger partial charge < -0.3 is 5.32 Å². The van der Waals surface area contributed by atoms with Crippen LogP contribution in [0.1, 0.15) is 36.1 Å². The van der Waals surface area contributed by atoms with E-state index in [0.717, 1.165) is 24.9 Å². The van der Waals surface area contributed by atoms with Crippen LogP contribution in [0.3, 0.4) is 0 Å². The van der Waals surface area contributed by atoms with Crippen LogP contribution in [0.15, 0.2) is 46.9 Å². The van der Waals surface area contributed by atoms with Crippen molar-refractivity contribution in [2.45, 2.75) is 32.7 Å². The van der Waals surface area contributed by atoms with Crippen LogP contribution in [-0.2, 0) is 6.42 Å². The Bertz CT molecular complexity index is 598. The Hall–Kier alpha value is -1.19. The Balaban J connectivity index is 2.30. The average Bonchev–Trinajstić information content (AvgIpc) is 2.48. The number of halogens is 2. The summed E-state index contributed by atoms with van der Waals surface area (Å²) in [4.78, 5) is 0. The quantitative estimate of drug-likeness (QED) is 0.757. The second kappa shape index (κ2) is 7.71. The van der Waals surface area contributed by atoms with Crippen LogP contribution in [0.4, 0.5) is 4.39 Å². The zero-order valence-corrected chi connectivity index (χ0v) is 14.1. The zero-order valence-electron chi connectivity index (χ0n) is 12.5. The first-order valence-electron chi connectivity index (χ1n) is 7.35. The van der Waals surface area contributed by atoms with Crippen LogP contribution in [0.25, 0.3) is 0 Å².